The molecule has 0 bridgehead atoms. The lowest BCUT2D eigenvalue weighted by molar-refractivity contribution is 1.16. The van der Waals surface area contributed by atoms with Gasteiger partial charge in [-0.15, -0.1) is 0 Å². The van der Waals surface area contributed by atoms with E-state index in [0.717, 1.165) is 45.0 Å². The van der Waals surface area contributed by atoms with Crippen LogP contribution >= 0.6 is 0 Å². The third kappa shape index (κ3) is 4.84. The van der Waals surface area contributed by atoms with Gasteiger partial charge < -0.3 is 9.13 Å². The number of fused-ring (bicyclic) bond motifs is 6. The molecular formula is C50H38N4. The summed E-state index contributed by atoms with van der Waals surface area (Å²) in [7, 11) is 0. The molecule has 4 nitrogen and oxygen atoms in total. The fourth-order valence-corrected chi connectivity index (χ4v) is 8.61. The Balaban J connectivity index is 1.09. The van der Waals surface area contributed by atoms with Gasteiger partial charge in [-0.3, -0.25) is 9.97 Å². The monoisotopic (exact) mass is 694 g/mol. The van der Waals surface area contributed by atoms with Crippen molar-refractivity contribution in [2.75, 3.05) is 0 Å². The Labute approximate surface area is 314 Å². The zero-order valence-corrected chi connectivity index (χ0v) is 30.8. The molecule has 10 aromatic rings. The molecular weight excluding hydrogens is 657 g/mol. The minimum atomic E-state index is 0.995. The van der Waals surface area contributed by atoms with Gasteiger partial charge in [-0.1, -0.05) is 84.9 Å². The number of aryl methyl sites for hydroxylation is 2. The molecule has 0 fully saturated rings. The van der Waals surface area contributed by atoms with Crippen LogP contribution in [0.3, 0.4) is 0 Å². The van der Waals surface area contributed by atoms with Crippen LogP contribution in [0.1, 0.15) is 22.3 Å². The van der Waals surface area contributed by atoms with Crippen LogP contribution < -0.4 is 0 Å². The van der Waals surface area contributed by atoms with Crippen molar-refractivity contribution in [3.8, 4) is 45.0 Å². The molecule has 0 radical (unpaired) electrons. The zero-order chi connectivity index (χ0) is 36.5. The smallest absolute Gasteiger partial charge is 0.0740 e. The Kier molecular flexibility index (Phi) is 7.34. The maximum atomic E-state index is 5.03. The fourth-order valence-electron chi connectivity index (χ4n) is 8.61. The SMILES string of the molecule is Cc1ccc(-n2c3ccccc3c3ccccc32)cc1-c1nccc(-c2ccnc(-c3cc(-n4c5ccccc5c5ccccc54)ccc3C)c2C)c1C. The molecule has 0 unspecified atom stereocenters. The predicted octanol–water partition coefficient (Wildman–Crippen LogP) is 12.9. The van der Waals surface area contributed by atoms with E-state index in [-0.39, 0.29) is 0 Å². The molecule has 0 spiro atoms. The summed E-state index contributed by atoms with van der Waals surface area (Å²) >= 11 is 0. The van der Waals surface area contributed by atoms with Crippen molar-refractivity contribution < 1.29 is 0 Å². The number of pyridine rings is 2. The van der Waals surface area contributed by atoms with Crippen molar-refractivity contribution >= 4 is 43.6 Å². The van der Waals surface area contributed by atoms with E-state index in [1.807, 2.05) is 12.4 Å². The standard InChI is InChI=1S/C50H38N4/c1-31-21-23-35(53-45-17-9-5-13-39(45)40-14-6-10-18-46(40)53)29-43(31)49-33(3)37(25-27-51-49)38-26-28-52-50(34(38)4)44-30-36(24-22-32(44)2)54-47-19-11-7-15-41(47)42-16-8-12-20-48(42)54/h5-30H,1-4H3. The molecule has 54 heavy (non-hydrogen) atoms. The quantitative estimate of drug-likeness (QED) is 0.180. The van der Waals surface area contributed by atoms with Gasteiger partial charge in [0.05, 0.1) is 33.5 Å². The summed E-state index contributed by atoms with van der Waals surface area (Å²) in [6.07, 6.45) is 3.91. The maximum Gasteiger partial charge on any atom is 0.0740 e. The van der Waals surface area contributed by atoms with Gasteiger partial charge in [0, 0.05) is 56.4 Å². The number of hydrogen-bond acceptors (Lipinski definition) is 2. The largest absolute Gasteiger partial charge is 0.309 e. The lowest BCUT2D eigenvalue weighted by Gasteiger charge is -2.18. The molecule has 4 heteroatoms. The van der Waals surface area contributed by atoms with E-state index in [1.165, 1.54) is 65.9 Å². The first-order valence-electron chi connectivity index (χ1n) is 18.6. The molecule has 258 valence electrons. The molecule has 0 aliphatic rings. The van der Waals surface area contributed by atoms with Gasteiger partial charge >= 0.3 is 0 Å². The van der Waals surface area contributed by atoms with E-state index in [0.29, 0.717) is 0 Å². The van der Waals surface area contributed by atoms with E-state index in [2.05, 4.69) is 182 Å². The third-order valence-corrected chi connectivity index (χ3v) is 11.3. The summed E-state index contributed by atoms with van der Waals surface area (Å²) in [5, 5.41) is 5.02. The summed E-state index contributed by atoms with van der Waals surface area (Å²) in [5.74, 6) is 0. The molecule has 6 aromatic carbocycles. The number of aromatic nitrogens is 4. The van der Waals surface area contributed by atoms with Crippen molar-refractivity contribution in [2.45, 2.75) is 27.7 Å². The molecule has 4 heterocycles. The predicted molar refractivity (Wildman–Crippen MR) is 226 cm³/mol. The van der Waals surface area contributed by atoms with Gasteiger partial charge in [0.15, 0.2) is 0 Å². The molecule has 10 rings (SSSR count). The Morgan fingerprint density at radius 1 is 0.352 bits per heavy atom. The minimum Gasteiger partial charge on any atom is -0.309 e. The van der Waals surface area contributed by atoms with Gasteiger partial charge in [-0.25, -0.2) is 0 Å². The Morgan fingerprint density at radius 2 is 0.685 bits per heavy atom. The lowest BCUT2D eigenvalue weighted by atomic mass is 9.91. The normalized spacial score (nSPS) is 11.7. The highest BCUT2D eigenvalue weighted by molar-refractivity contribution is 6.10. The molecule has 0 amide bonds. The number of para-hydroxylation sites is 4. The topological polar surface area (TPSA) is 35.6 Å². The molecule has 0 aliphatic carbocycles. The summed E-state index contributed by atoms with van der Waals surface area (Å²) in [6, 6.07) is 52.5. The van der Waals surface area contributed by atoms with Crippen molar-refractivity contribution in [3.05, 3.63) is 180 Å². The first-order chi connectivity index (χ1) is 26.5. The second-order valence-electron chi connectivity index (χ2n) is 14.4. The number of hydrogen-bond donors (Lipinski definition) is 0. The number of benzene rings is 6. The van der Waals surface area contributed by atoms with Crippen molar-refractivity contribution in [1.29, 1.82) is 0 Å². The second kappa shape index (κ2) is 12.4. The van der Waals surface area contributed by atoms with E-state index in [1.54, 1.807) is 0 Å². The van der Waals surface area contributed by atoms with Crippen LogP contribution in [0.5, 0.6) is 0 Å². The number of nitrogens with zero attached hydrogens (tertiary/aromatic N) is 4. The third-order valence-electron chi connectivity index (χ3n) is 11.3. The highest BCUT2D eigenvalue weighted by Gasteiger charge is 2.19. The molecule has 0 aliphatic heterocycles. The van der Waals surface area contributed by atoms with Crippen LogP contribution in [0.2, 0.25) is 0 Å². The fraction of sp³-hybridized carbons (Fsp3) is 0.0800. The minimum absolute atomic E-state index is 0.995. The summed E-state index contributed by atoms with van der Waals surface area (Å²) < 4.78 is 4.75. The van der Waals surface area contributed by atoms with E-state index in [9.17, 15) is 0 Å². The second-order valence-corrected chi connectivity index (χ2v) is 14.4. The summed E-state index contributed by atoms with van der Waals surface area (Å²) in [4.78, 5) is 10.1. The van der Waals surface area contributed by atoms with Crippen molar-refractivity contribution in [3.63, 3.8) is 0 Å². The van der Waals surface area contributed by atoms with E-state index < -0.39 is 0 Å². The summed E-state index contributed by atoms with van der Waals surface area (Å²) in [5.41, 5.74) is 18.3. The molecule has 4 aromatic heterocycles. The summed E-state index contributed by atoms with van der Waals surface area (Å²) in [6.45, 7) is 8.78. The van der Waals surface area contributed by atoms with Gasteiger partial charge in [0.1, 0.15) is 0 Å². The lowest BCUT2D eigenvalue weighted by Crippen LogP contribution is -2.00. The van der Waals surface area contributed by atoms with Gasteiger partial charge in [-0.05, 0) is 122 Å². The Morgan fingerprint density at radius 3 is 1.04 bits per heavy atom. The number of rotatable bonds is 5. The van der Waals surface area contributed by atoms with Crippen LogP contribution in [-0.2, 0) is 0 Å². The van der Waals surface area contributed by atoms with Crippen LogP contribution in [0.25, 0.3) is 88.6 Å². The Hall–Kier alpha value is -6.78. The van der Waals surface area contributed by atoms with Crippen molar-refractivity contribution in [1.82, 2.24) is 19.1 Å². The van der Waals surface area contributed by atoms with Crippen LogP contribution in [-0.4, -0.2) is 19.1 Å². The maximum absolute atomic E-state index is 5.03. The average molecular weight is 695 g/mol. The molecule has 0 saturated heterocycles. The van der Waals surface area contributed by atoms with Crippen LogP contribution in [0, 0.1) is 27.7 Å². The highest BCUT2D eigenvalue weighted by Crippen LogP contribution is 2.40. The molecule has 0 atom stereocenters. The highest BCUT2D eigenvalue weighted by atomic mass is 15.0. The van der Waals surface area contributed by atoms with Gasteiger partial charge in [-0.2, -0.15) is 0 Å². The molecule has 0 N–H and O–H groups in total. The zero-order valence-electron chi connectivity index (χ0n) is 30.8. The Bertz CT molecular complexity index is 2790. The van der Waals surface area contributed by atoms with Gasteiger partial charge in [0.2, 0.25) is 0 Å². The van der Waals surface area contributed by atoms with E-state index in [4.69, 9.17) is 9.97 Å². The van der Waals surface area contributed by atoms with Gasteiger partial charge in [0.25, 0.3) is 0 Å². The van der Waals surface area contributed by atoms with E-state index >= 15 is 0 Å². The first-order valence-corrected chi connectivity index (χ1v) is 18.6. The van der Waals surface area contributed by atoms with Crippen LogP contribution in [0.15, 0.2) is 158 Å². The first kappa shape index (κ1) is 31.9. The average Bonchev–Trinajstić information content (AvgIpc) is 3.72. The molecule has 0 saturated carbocycles. The van der Waals surface area contributed by atoms with Crippen molar-refractivity contribution in [2.24, 2.45) is 0 Å². The van der Waals surface area contributed by atoms with Crippen LogP contribution in [0.4, 0.5) is 0 Å².